The summed E-state index contributed by atoms with van der Waals surface area (Å²) in [6.07, 6.45) is 1.89. The molecule has 0 aliphatic heterocycles. The molecule has 1 amide bonds. The van der Waals surface area contributed by atoms with E-state index in [1.54, 1.807) is 24.3 Å². The number of amides is 1. The van der Waals surface area contributed by atoms with Gasteiger partial charge in [0.1, 0.15) is 5.75 Å². The third kappa shape index (κ3) is 6.08. The van der Waals surface area contributed by atoms with Crippen LogP contribution in [-0.2, 0) is 14.3 Å². The van der Waals surface area contributed by atoms with Crippen molar-refractivity contribution in [2.45, 2.75) is 19.8 Å². The Bertz CT molecular complexity index is 449. The van der Waals surface area contributed by atoms with E-state index in [4.69, 9.17) is 15.2 Å². The summed E-state index contributed by atoms with van der Waals surface area (Å²) in [6.45, 7) is 2.04. The van der Waals surface area contributed by atoms with Crippen LogP contribution in [-0.4, -0.2) is 31.6 Å². The Morgan fingerprint density at radius 3 is 2.70 bits per heavy atom. The van der Waals surface area contributed by atoms with Gasteiger partial charge in [0.25, 0.3) is 5.91 Å². The summed E-state index contributed by atoms with van der Waals surface area (Å²) in [5.74, 6) is -0.512. The zero-order valence-corrected chi connectivity index (χ0v) is 11.6. The van der Waals surface area contributed by atoms with Crippen LogP contribution in [0.3, 0.4) is 0 Å². The lowest BCUT2D eigenvalue weighted by atomic mass is 10.3. The van der Waals surface area contributed by atoms with Crippen LogP contribution in [0.25, 0.3) is 0 Å². The van der Waals surface area contributed by atoms with Crippen LogP contribution in [0.5, 0.6) is 5.75 Å². The van der Waals surface area contributed by atoms with Crippen molar-refractivity contribution in [3.05, 3.63) is 24.3 Å². The summed E-state index contributed by atoms with van der Waals surface area (Å²) in [6, 6.07) is 6.83. The summed E-state index contributed by atoms with van der Waals surface area (Å²) in [5.41, 5.74) is 6.10. The van der Waals surface area contributed by atoms with Gasteiger partial charge in [-0.15, -0.1) is 0 Å². The van der Waals surface area contributed by atoms with Gasteiger partial charge < -0.3 is 20.5 Å². The molecule has 0 saturated carbocycles. The Labute approximate surface area is 118 Å². The first-order valence-corrected chi connectivity index (χ1v) is 6.53. The van der Waals surface area contributed by atoms with Gasteiger partial charge in [0, 0.05) is 6.54 Å². The standard InChI is InChI=1S/C14H20N2O4/c1-2-3-8-16-13(17)9-20-14(18)10-19-12-7-5-4-6-11(12)15/h4-7H,2-3,8-10,15H2,1H3,(H,16,17). The van der Waals surface area contributed by atoms with E-state index in [9.17, 15) is 9.59 Å². The van der Waals surface area contributed by atoms with Crippen molar-refractivity contribution in [3.8, 4) is 5.75 Å². The van der Waals surface area contributed by atoms with Crippen molar-refractivity contribution in [2.24, 2.45) is 0 Å². The van der Waals surface area contributed by atoms with Crippen LogP contribution in [0, 0.1) is 0 Å². The minimum atomic E-state index is -0.612. The number of unbranched alkanes of at least 4 members (excludes halogenated alkanes) is 1. The molecule has 1 aromatic rings. The molecule has 0 aliphatic carbocycles. The van der Waals surface area contributed by atoms with Gasteiger partial charge in [0.2, 0.25) is 0 Å². The Hall–Kier alpha value is -2.24. The van der Waals surface area contributed by atoms with E-state index in [1.165, 1.54) is 0 Å². The molecular formula is C14H20N2O4. The average Bonchev–Trinajstić information content (AvgIpc) is 2.44. The molecule has 0 spiro atoms. The molecule has 0 aliphatic rings. The monoisotopic (exact) mass is 280 g/mol. The second-order valence-electron chi connectivity index (χ2n) is 4.19. The summed E-state index contributed by atoms with van der Waals surface area (Å²) >= 11 is 0. The van der Waals surface area contributed by atoms with Gasteiger partial charge in [-0.05, 0) is 18.6 Å². The topological polar surface area (TPSA) is 90.6 Å². The van der Waals surface area contributed by atoms with Crippen LogP contribution in [0.15, 0.2) is 24.3 Å². The highest BCUT2D eigenvalue weighted by Crippen LogP contribution is 2.19. The Morgan fingerprint density at radius 2 is 2.00 bits per heavy atom. The summed E-state index contributed by atoms with van der Waals surface area (Å²) < 4.78 is 9.98. The number of nitrogens with two attached hydrogens (primary N) is 1. The normalized spacial score (nSPS) is 9.85. The number of ether oxygens (including phenoxy) is 2. The van der Waals surface area contributed by atoms with E-state index in [1.807, 2.05) is 6.92 Å². The fourth-order valence-electron chi connectivity index (χ4n) is 1.39. The molecule has 0 radical (unpaired) electrons. The molecule has 0 fully saturated rings. The number of nitrogens with one attached hydrogen (secondary N) is 1. The Kier molecular flexibility index (Phi) is 6.95. The number of hydrogen-bond acceptors (Lipinski definition) is 5. The predicted molar refractivity (Wildman–Crippen MR) is 75.2 cm³/mol. The predicted octanol–water partition coefficient (Wildman–Crippen LogP) is 1.11. The second-order valence-corrected chi connectivity index (χ2v) is 4.19. The molecule has 6 nitrogen and oxygen atoms in total. The SMILES string of the molecule is CCCCNC(=O)COC(=O)COc1ccccc1N. The van der Waals surface area contributed by atoms with Crippen molar-refractivity contribution in [1.29, 1.82) is 0 Å². The molecular weight excluding hydrogens is 260 g/mol. The van der Waals surface area contributed by atoms with Crippen molar-refractivity contribution >= 4 is 17.6 Å². The molecule has 3 N–H and O–H groups in total. The summed E-state index contributed by atoms with van der Waals surface area (Å²) in [4.78, 5) is 22.7. The maximum atomic E-state index is 11.4. The first kappa shape index (κ1) is 15.8. The number of nitrogen functional groups attached to an aromatic ring is 1. The molecule has 1 rings (SSSR count). The van der Waals surface area contributed by atoms with Crippen LogP contribution >= 0.6 is 0 Å². The summed E-state index contributed by atoms with van der Waals surface area (Å²) in [5, 5.41) is 2.64. The van der Waals surface area contributed by atoms with E-state index in [0.29, 0.717) is 18.0 Å². The van der Waals surface area contributed by atoms with Gasteiger partial charge in [0.05, 0.1) is 5.69 Å². The highest BCUT2D eigenvalue weighted by Gasteiger charge is 2.08. The van der Waals surface area contributed by atoms with Crippen LogP contribution in [0.4, 0.5) is 5.69 Å². The quantitative estimate of drug-likeness (QED) is 0.423. The second kappa shape index (κ2) is 8.79. The average molecular weight is 280 g/mol. The minimum Gasteiger partial charge on any atom is -0.480 e. The number of esters is 1. The van der Waals surface area contributed by atoms with Crippen molar-refractivity contribution < 1.29 is 19.1 Å². The summed E-state index contributed by atoms with van der Waals surface area (Å²) in [7, 11) is 0. The van der Waals surface area contributed by atoms with Crippen molar-refractivity contribution in [1.82, 2.24) is 5.32 Å². The lowest BCUT2D eigenvalue weighted by Crippen LogP contribution is -2.30. The van der Waals surface area contributed by atoms with Gasteiger partial charge >= 0.3 is 5.97 Å². The van der Waals surface area contributed by atoms with E-state index >= 15 is 0 Å². The molecule has 0 saturated heterocycles. The highest BCUT2D eigenvalue weighted by molar-refractivity contribution is 5.80. The maximum Gasteiger partial charge on any atom is 0.344 e. The number of benzene rings is 1. The number of para-hydroxylation sites is 2. The molecule has 0 atom stereocenters. The van der Waals surface area contributed by atoms with Crippen molar-refractivity contribution in [2.75, 3.05) is 25.5 Å². The largest absolute Gasteiger partial charge is 0.480 e. The number of anilines is 1. The van der Waals surface area contributed by atoms with Gasteiger partial charge in [-0.1, -0.05) is 25.5 Å². The first-order valence-electron chi connectivity index (χ1n) is 6.53. The van der Waals surface area contributed by atoms with Crippen molar-refractivity contribution in [3.63, 3.8) is 0 Å². The maximum absolute atomic E-state index is 11.4. The van der Waals surface area contributed by atoms with Gasteiger partial charge in [0.15, 0.2) is 13.2 Å². The van der Waals surface area contributed by atoms with Gasteiger partial charge in [-0.25, -0.2) is 4.79 Å². The van der Waals surface area contributed by atoms with Gasteiger partial charge in [-0.2, -0.15) is 0 Å². The van der Waals surface area contributed by atoms with E-state index in [0.717, 1.165) is 12.8 Å². The lowest BCUT2D eigenvalue weighted by Gasteiger charge is -2.08. The molecule has 1 aromatic carbocycles. The molecule has 110 valence electrons. The van der Waals surface area contributed by atoms with Crippen LogP contribution < -0.4 is 15.8 Å². The molecule has 0 aromatic heterocycles. The fraction of sp³-hybridized carbons (Fsp3) is 0.429. The number of hydrogen-bond donors (Lipinski definition) is 2. The number of carbonyl (C=O) groups excluding carboxylic acids is 2. The Balaban J connectivity index is 2.21. The molecule has 20 heavy (non-hydrogen) atoms. The third-order valence-corrected chi connectivity index (χ3v) is 2.48. The van der Waals surface area contributed by atoms with Crippen LogP contribution in [0.1, 0.15) is 19.8 Å². The van der Waals surface area contributed by atoms with Gasteiger partial charge in [-0.3, -0.25) is 4.79 Å². The first-order chi connectivity index (χ1) is 9.63. The van der Waals surface area contributed by atoms with Crippen LogP contribution in [0.2, 0.25) is 0 Å². The Morgan fingerprint density at radius 1 is 1.25 bits per heavy atom. The number of carbonyl (C=O) groups is 2. The molecule has 0 heterocycles. The van der Waals surface area contributed by atoms with E-state index < -0.39 is 5.97 Å². The molecule has 0 bridgehead atoms. The molecule has 6 heteroatoms. The minimum absolute atomic E-state index is 0.281. The third-order valence-electron chi connectivity index (χ3n) is 2.48. The van der Waals surface area contributed by atoms with E-state index in [2.05, 4.69) is 5.32 Å². The fourth-order valence-corrected chi connectivity index (χ4v) is 1.39. The highest BCUT2D eigenvalue weighted by atomic mass is 16.6. The van der Waals surface area contributed by atoms with E-state index in [-0.39, 0.29) is 19.1 Å². The zero-order valence-electron chi connectivity index (χ0n) is 11.6. The smallest absolute Gasteiger partial charge is 0.344 e. The number of rotatable bonds is 8. The lowest BCUT2D eigenvalue weighted by molar-refractivity contribution is -0.150. The zero-order chi connectivity index (χ0) is 14.8. The molecule has 0 unspecified atom stereocenters.